The Hall–Kier alpha value is -2.15. The zero-order chi connectivity index (χ0) is 15.5. The molecule has 1 N–H and O–H groups in total. The molecule has 21 heavy (non-hydrogen) atoms. The second-order valence-corrected chi connectivity index (χ2v) is 6.14. The van der Waals surface area contributed by atoms with Crippen LogP contribution in [-0.2, 0) is 10.0 Å². The van der Waals surface area contributed by atoms with Crippen LogP contribution in [0.3, 0.4) is 0 Å². The quantitative estimate of drug-likeness (QED) is 0.921. The largest absolute Gasteiger partial charge is 0.373 e. The minimum atomic E-state index is -3.77. The van der Waals surface area contributed by atoms with Gasteiger partial charge < -0.3 is 5.32 Å². The summed E-state index contributed by atoms with van der Waals surface area (Å²) in [5, 5.41) is 2.79. The Morgan fingerprint density at radius 3 is 2.67 bits per heavy atom. The molecule has 0 radical (unpaired) electrons. The smallest absolute Gasteiger partial charge is 0.264 e. The summed E-state index contributed by atoms with van der Waals surface area (Å²) in [5.41, 5.74) is 0.292. The Morgan fingerprint density at radius 2 is 2.05 bits per heavy atom. The lowest BCUT2D eigenvalue weighted by molar-refractivity contribution is 0.591. The molecule has 0 amide bonds. The van der Waals surface area contributed by atoms with Crippen LogP contribution >= 0.6 is 0 Å². The van der Waals surface area contributed by atoms with E-state index in [1.165, 1.54) is 36.5 Å². The Morgan fingerprint density at radius 1 is 1.29 bits per heavy atom. The van der Waals surface area contributed by atoms with Crippen LogP contribution < -0.4 is 9.62 Å². The molecule has 2 aromatic rings. The summed E-state index contributed by atoms with van der Waals surface area (Å²) in [6.45, 7) is 1.89. The molecule has 0 atom stereocenters. The summed E-state index contributed by atoms with van der Waals surface area (Å²) >= 11 is 0. The number of aromatic nitrogens is 1. The van der Waals surface area contributed by atoms with Gasteiger partial charge in [0.15, 0.2) is 0 Å². The van der Waals surface area contributed by atoms with Gasteiger partial charge in [0, 0.05) is 25.9 Å². The maximum Gasteiger partial charge on any atom is 0.264 e. The minimum Gasteiger partial charge on any atom is -0.373 e. The van der Waals surface area contributed by atoms with Gasteiger partial charge >= 0.3 is 0 Å². The highest BCUT2D eigenvalue weighted by Crippen LogP contribution is 2.24. The zero-order valence-electron chi connectivity index (χ0n) is 11.7. The third-order valence-corrected chi connectivity index (χ3v) is 4.86. The maximum absolute atomic E-state index is 13.3. The van der Waals surface area contributed by atoms with Gasteiger partial charge in [-0.05, 0) is 31.2 Å². The SMILES string of the molecule is CCN(c1cccc(F)c1)S(=O)(=O)c1ccnc(NC)c1. The first-order valence-corrected chi connectivity index (χ1v) is 7.85. The summed E-state index contributed by atoms with van der Waals surface area (Å²) in [6, 6.07) is 8.37. The number of anilines is 2. The second kappa shape index (κ2) is 6.09. The van der Waals surface area contributed by atoms with Crippen molar-refractivity contribution in [3.63, 3.8) is 0 Å². The van der Waals surface area contributed by atoms with Gasteiger partial charge in [0.05, 0.1) is 10.6 Å². The first kappa shape index (κ1) is 15.2. The molecule has 0 spiro atoms. The van der Waals surface area contributed by atoms with Gasteiger partial charge in [-0.15, -0.1) is 0 Å². The standard InChI is InChI=1S/C14H16FN3O2S/c1-3-18(12-6-4-5-11(15)9-12)21(19,20)13-7-8-17-14(10-13)16-2/h4-10H,3H2,1-2H3,(H,16,17). The van der Waals surface area contributed by atoms with E-state index in [1.807, 2.05) is 0 Å². The average Bonchev–Trinajstić information content (AvgIpc) is 2.48. The van der Waals surface area contributed by atoms with E-state index in [0.29, 0.717) is 11.5 Å². The predicted octanol–water partition coefficient (Wildman–Crippen LogP) is 2.48. The van der Waals surface area contributed by atoms with Crippen molar-refractivity contribution in [3.05, 3.63) is 48.4 Å². The Labute approximate surface area is 123 Å². The molecule has 2 rings (SSSR count). The molecule has 7 heteroatoms. The van der Waals surface area contributed by atoms with Crippen LogP contribution in [0.1, 0.15) is 6.92 Å². The van der Waals surface area contributed by atoms with Crippen LogP contribution in [0.2, 0.25) is 0 Å². The van der Waals surface area contributed by atoms with Gasteiger partial charge in [-0.3, -0.25) is 4.31 Å². The first-order valence-electron chi connectivity index (χ1n) is 6.41. The van der Waals surface area contributed by atoms with Crippen LogP contribution in [-0.4, -0.2) is 27.0 Å². The number of sulfonamides is 1. The summed E-state index contributed by atoms with van der Waals surface area (Å²) < 4.78 is 39.9. The zero-order valence-corrected chi connectivity index (χ0v) is 12.6. The van der Waals surface area contributed by atoms with E-state index in [2.05, 4.69) is 10.3 Å². The number of pyridine rings is 1. The highest BCUT2D eigenvalue weighted by atomic mass is 32.2. The molecule has 1 aromatic heterocycles. The topological polar surface area (TPSA) is 62.3 Å². The lowest BCUT2D eigenvalue weighted by Crippen LogP contribution is -2.30. The van der Waals surface area contributed by atoms with Gasteiger partial charge in [-0.2, -0.15) is 0 Å². The number of nitrogens with one attached hydrogen (secondary N) is 1. The molecule has 0 saturated heterocycles. The van der Waals surface area contributed by atoms with Gasteiger partial charge in [0.2, 0.25) is 0 Å². The van der Waals surface area contributed by atoms with Crippen molar-refractivity contribution < 1.29 is 12.8 Å². The van der Waals surface area contributed by atoms with Crippen molar-refractivity contribution in [1.82, 2.24) is 4.98 Å². The van der Waals surface area contributed by atoms with Crippen molar-refractivity contribution in [2.24, 2.45) is 0 Å². The van der Waals surface area contributed by atoms with E-state index >= 15 is 0 Å². The van der Waals surface area contributed by atoms with Gasteiger partial charge in [0.1, 0.15) is 11.6 Å². The Balaban J connectivity index is 2.49. The molecule has 0 aliphatic carbocycles. The fourth-order valence-corrected chi connectivity index (χ4v) is 3.44. The molecule has 0 fully saturated rings. The van der Waals surface area contributed by atoms with Crippen molar-refractivity contribution in [3.8, 4) is 0 Å². The molecular formula is C14H16FN3O2S. The lowest BCUT2D eigenvalue weighted by atomic mass is 10.3. The van der Waals surface area contributed by atoms with E-state index < -0.39 is 15.8 Å². The summed E-state index contributed by atoms with van der Waals surface area (Å²) in [6.07, 6.45) is 1.41. The number of hydrogen-bond acceptors (Lipinski definition) is 4. The highest BCUT2D eigenvalue weighted by Gasteiger charge is 2.24. The van der Waals surface area contributed by atoms with Gasteiger partial charge in [0.25, 0.3) is 10.0 Å². The molecule has 0 bridgehead atoms. The van der Waals surface area contributed by atoms with Crippen molar-refractivity contribution >= 4 is 21.5 Å². The molecule has 0 unspecified atom stereocenters. The number of benzene rings is 1. The van der Waals surface area contributed by atoms with Crippen LogP contribution in [0.5, 0.6) is 0 Å². The van der Waals surface area contributed by atoms with E-state index in [4.69, 9.17) is 0 Å². The summed E-state index contributed by atoms with van der Waals surface area (Å²) in [4.78, 5) is 4.09. The number of halogens is 1. The molecular weight excluding hydrogens is 293 g/mol. The van der Waals surface area contributed by atoms with Gasteiger partial charge in [-0.25, -0.2) is 17.8 Å². The van der Waals surface area contributed by atoms with E-state index in [9.17, 15) is 12.8 Å². The average molecular weight is 309 g/mol. The molecule has 5 nitrogen and oxygen atoms in total. The van der Waals surface area contributed by atoms with Crippen LogP contribution in [0.15, 0.2) is 47.5 Å². The van der Waals surface area contributed by atoms with Crippen molar-refractivity contribution in [1.29, 1.82) is 0 Å². The molecule has 0 saturated carbocycles. The monoisotopic (exact) mass is 309 g/mol. The Bertz CT molecular complexity index is 735. The molecule has 1 heterocycles. The number of nitrogens with zero attached hydrogens (tertiary/aromatic N) is 2. The second-order valence-electron chi connectivity index (χ2n) is 4.28. The fraction of sp³-hybridized carbons (Fsp3) is 0.214. The molecule has 0 aliphatic heterocycles. The number of hydrogen-bond donors (Lipinski definition) is 1. The van der Waals surface area contributed by atoms with E-state index in [-0.39, 0.29) is 11.4 Å². The summed E-state index contributed by atoms with van der Waals surface area (Å²) in [7, 11) is -2.11. The van der Waals surface area contributed by atoms with E-state index in [0.717, 1.165) is 4.31 Å². The van der Waals surface area contributed by atoms with Crippen LogP contribution in [0.25, 0.3) is 0 Å². The van der Waals surface area contributed by atoms with E-state index in [1.54, 1.807) is 20.0 Å². The third-order valence-electron chi connectivity index (χ3n) is 2.96. The highest BCUT2D eigenvalue weighted by molar-refractivity contribution is 7.92. The Kier molecular flexibility index (Phi) is 4.42. The van der Waals surface area contributed by atoms with Crippen LogP contribution in [0.4, 0.5) is 15.9 Å². The molecule has 0 aliphatic rings. The lowest BCUT2D eigenvalue weighted by Gasteiger charge is -2.23. The van der Waals surface area contributed by atoms with Crippen molar-refractivity contribution in [2.75, 3.05) is 23.2 Å². The number of rotatable bonds is 5. The maximum atomic E-state index is 13.3. The van der Waals surface area contributed by atoms with Crippen molar-refractivity contribution in [2.45, 2.75) is 11.8 Å². The fourth-order valence-electron chi connectivity index (χ4n) is 1.96. The minimum absolute atomic E-state index is 0.105. The first-order chi connectivity index (χ1) is 9.98. The summed E-state index contributed by atoms with van der Waals surface area (Å²) in [5.74, 6) is -0.0295. The predicted molar refractivity (Wildman–Crippen MR) is 80.4 cm³/mol. The van der Waals surface area contributed by atoms with Crippen LogP contribution in [0, 0.1) is 5.82 Å². The third kappa shape index (κ3) is 3.13. The normalized spacial score (nSPS) is 11.2. The van der Waals surface area contributed by atoms with Gasteiger partial charge in [-0.1, -0.05) is 6.07 Å². The molecule has 112 valence electrons. The molecule has 1 aromatic carbocycles.